The van der Waals surface area contributed by atoms with Gasteiger partial charge in [-0.15, -0.1) is 0 Å². The van der Waals surface area contributed by atoms with Crippen molar-refractivity contribution in [1.82, 2.24) is 9.78 Å². The maximum absolute atomic E-state index is 8.60. The lowest BCUT2D eigenvalue weighted by Crippen LogP contribution is -2.58. The molecule has 2 rings (SSSR count). The number of rotatable bonds is 1. The van der Waals surface area contributed by atoms with Crippen LogP contribution in [-0.4, -0.2) is 14.4 Å². The second kappa shape index (κ2) is 5.94. The van der Waals surface area contributed by atoms with Crippen molar-refractivity contribution in [1.29, 1.82) is 0 Å². The molecule has 0 bridgehead atoms. The van der Waals surface area contributed by atoms with Gasteiger partial charge in [-0.2, -0.15) is 19.1 Å². The molecule has 0 spiro atoms. The molecule has 0 radical (unpaired) electrons. The van der Waals surface area contributed by atoms with E-state index in [0.717, 1.165) is 11.4 Å². The molecule has 1 N–H and O–H groups in total. The molecule has 0 atom stereocenters. The number of aryl methyl sites for hydroxylation is 2. The van der Waals surface area contributed by atoms with E-state index in [0.29, 0.717) is 0 Å². The molecule has 18 heavy (non-hydrogen) atoms. The minimum absolute atomic E-state index is 1.06. The van der Waals surface area contributed by atoms with Gasteiger partial charge in [-0.3, -0.25) is 0 Å². The first-order chi connectivity index (χ1) is 8.27. The summed E-state index contributed by atoms with van der Waals surface area (Å²) < 4.78 is 34.7. The highest BCUT2D eigenvalue weighted by Gasteiger charge is 2.01. The van der Waals surface area contributed by atoms with Gasteiger partial charge in [0.2, 0.25) is 0 Å². The molecule has 6 nitrogen and oxygen atoms in total. The second-order valence-corrected chi connectivity index (χ2v) is 4.36. The zero-order valence-corrected chi connectivity index (χ0v) is 10.7. The van der Waals surface area contributed by atoms with Gasteiger partial charge in [0.05, 0.1) is 26.3 Å². The third kappa shape index (κ3) is 5.26. The Morgan fingerprint density at radius 3 is 2.00 bits per heavy atom. The minimum Gasteiger partial charge on any atom is -0.238 e. The molecule has 0 aliphatic rings. The molecule has 0 saturated heterocycles. The Morgan fingerprint density at radius 2 is 1.61 bits per heavy atom. The normalized spacial score (nSPS) is 10.8. The van der Waals surface area contributed by atoms with Crippen LogP contribution in [0.3, 0.4) is 0 Å². The number of para-hydroxylation sites is 1. The number of aromatic nitrogens is 2. The van der Waals surface area contributed by atoms with Crippen LogP contribution in [0.1, 0.15) is 11.4 Å². The zero-order chi connectivity index (χ0) is 13.8. The summed E-state index contributed by atoms with van der Waals surface area (Å²) in [7, 11) is -4.69. The Morgan fingerprint density at radius 1 is 1.11 bits per heavy atom. The van der Waals surface area contributed by atoms with Gasteiger partial charge >= 0.3 is 0 Å². The summed E-state index contributed by atoms with van der Waals surface area (Å²) >= 11 is 0. The Hall–Kier alpha value is -1.44. The van der Waals surface area contributed by atoms with Crippen molar-refractivity contribution < 1.29 is 28.9 Å². The van der Waals surface area contributed by atoms with Crippen molar-refractivity contribution in [2.24, 2.45) is 0 Å². The first kappa shape index (κ1) is 14.6. The van der Waals surface area contributed by atoms with E-state index in [1.807, 2.05) is 29.8 Å². The quantitative estimate of drug-likeness (QED) is 0.670. The smallest absolute Gasteiger partial charge is 0.0777 e. The number of halogens is 1. The molecule has 0 unspecified atom stereocenters. The lowest BCUT2D eigenvalue weighted by molar-refractivity contribution is -1.92. The SMILES string of the molecule is Cc1cc(C)n(-c2ccccc2)n1.[O-][Cl+3]([O-])([O-])O. The van der Waals surface area contributed by atoms with E-state index in [4.69, 9.17) is 18.6 Å². The second-order valence-electron chi connectivity index (χ2n) is 3.57. The van der Waals surface area contributed by atoms with Gasteiger partial charge in [-0.05, 0) is 32.0 Å². The van der Waals surface area contributed by atoms with E-state index < -0.39 is 10.2 Å². The average Bonchev–Trinajstić information content (AvgIpc) is 2.57. The molecule has 0 amide bonds. The van der Waals surface area contributed by atoms with Crippen molar-refractivity contribution in [3.63, 3.8) is 0 Å². The van der Waals surface area contributed by atoms with Gasteiger partial charge in [-0.1, -0.05) is 18.2 Å². The lowest BCUT2D eigenvalue weighted by Gasteiger charge is -2.03. The van der Waals surface area contributed by atoms with Crippen LogP contribution < -0.4 is 14.0 Å². The molecule has 0 aliphatic heterocycles. The Labute approximate surface area is 106 Å². The summed E-state index contributed by atoms with van der Waals surface area (Å²) in [5.74, 6) is 0. The molecule has 7 heteroatoms. The van der Waals surface area contributed by atoms with Crippen LogP contribution in [-0.2, 0) is 0 Å². The van der Waals surface area contributed by atoms with Gasteiger partial charge in [0.25, 0.3) is 0 Å². The highest BCUT2D eigenvalue weighted by molar-refractivity contribution is 5.32. The summed E-state index contributed by atoms with van der Waals surface area (Å²) in [4.78, 5) is 0. The standard InChI is InChI=1S/C11H12N2.ClHO4/c1-9-8-10(2)13(12-9)11-6-4-3-5-7-11;2-1(3,4)5/h3-8H,1-2H3;(H,2,3,4,5). The van der Waals surface area contributed by atoms with E-state index in [-0.39, 0.29) is 0 Å². The predicted octanol–water partition coefficient (Wildman–Crippen LogP) is -1.63. The van der Waals surface area contributed by atoms with Crippen LogP contribution in [0.15, 0.2) is 36.4 Å². The Kier molecular flexibility index (Phi) is 4.83. The van der Waals surface area contributed by atoms with Crippen molar-refractivity contribution in [2.45, 2.75) is 13.8 Å². The fourth-order valence-electron chi connectivity index (χ4n) is 1.46. The highest BCUT2D eigenvalue weighted by Crippen LogP contribution is 2.10. The van der Waals surface area contributed by atoms with Crippen LogP contribution in [0.2, 0.25) is 0 Å². The summed E-state index contributed by atoms with van der Waals surface area (Å²) in [6.45, 7) is 4.07. The maximum atomic E-state index is 8.60. The lowest BCUT2D eigenvalue weighted by atomic mass is 10.3. The van der Waals surface area contributed by atoms with Crippen molar-refractivity contribution in [2.75, 3.05) is 0 Å². The van der Waals surface area contributed by atoms with Crippen molar-refractivity contribution in [3.8, 4) is 5.69 Å². The molecule has 98 valence electrons. The largest absolute Gasteiger partial charge is 0.238 e. The van der Waals surface area contributed by atoms with Gasteiger partial charge in [0.15, 0.2) is 0 Å². The predicted molar refractivity (Wildman–Crippen MR) is 55.3 cm³/mol. The van der Waals surface area contributed by atoms with E-state index >= 15 is 0 Å². The topological polar surface area (TPSA) is 107 Å². The molecule has 0 aliphatic carbocycles. The van der Waals surface area contributed by atoms with Crippen LogP contribution in [0.25, 0.3) is 5.69 Å². The van der Waals surface area contributed by atoms with E-state index in [1.54, 1.807) is 0 Å². The zero-order valence-electron chi connectivity index (χ0n) is 9.91. The highest BCUT2D eigenvalue weighted by atomic mass is 35.7. The number of hydrogen-bond acceptors (Lipinski definition) is 5. The monoisotopic (exact) mass is 272 g/mol. The van der Waals surface area contributed by atoms with Crippen molar-refractivity contribution >= 4 is 0 Å². The van der Waals surface area contributed by atoms with Gasteiger partial charge < -0.3 is 0 Å². The molecule has 1 aromatic heterocycles. The third-order valence-electron chi connectivity index (χ3n) is 2.01. The van der Waals surface area contributed by atoms with Crippen LogP contribution in [0.4, 0.5) is 0 Å². The number of benzene rings is 1. The van der Waals surface area contributed by atoms with Crippen molar-refractivity contribution in [3.05, 3.63) is 47.8 Å². The Bertz CT molecular complexity index is 487. The summed E-state index contributed by atoms with van der Waals surface area (Å²) in [5, 5.41) is 4.40. The van der Waals surface area contributed by atoms with Crippen LogP contribution in [0.5, 0.6) is 0 Å². The summed E-state index contributed by atoms with van der Waals surface area (Å²) in [6.07, 6.45) is 0. The molecular formula is C11H13ClN2O4. The summed E-state index contributed by atoms with van der Waals surface area (Å²) in [6, 6.07) is 12.2. The molecule has 0 fully saturated rings. The first-order valence-corrected chi connectivity index (χ1v) is 6.25. The first-order valence-electron chi connectivity index (χ1n) is 4.99. The Balaban J connectivity index is 0.000000280. The van der Waals surface area contributed by atoms with Crippen LogP contribution in [0, 0.1) is 24.1 Å². The third-order valence-corrected chi connectivity index (χ3v) is 2.01. The fourth-order valence-corrected chi connectivity index (χ4v) is 1.46. The molecule has 1 heterocycles. The summed E-state index contributed by atoms with van der Waals surface area (Å²) in [5.41, 5.74) is 3.35. The minimum atomic E-state index is -4.69. The van der Waals surface area contributed by atoms with Crippen LogP contribution >= 0.6 is 0 Å². The fraction of sp³-hybridized carbons (Fsp3) is 0.182. The molecule has 2 aromatic rings. The molecular weight excluding hydrogens is 260 g/mol. The number of nitrogens with zero attached hydrogens (tertiary/aromatic N) is 2. The van der Waals surface area contributed by atoms with Gasteiger partial charge in [-0.25, -0.2) is 4.68 Å². The van der Waals surface area contributed by atoms with E-state index in [2.05, 4.69) is 30.2 Å². The maximum Gasteiger partial charge on any atom is 0.0777 e. The van der Waals surface area contributed by atoms with E-state index in [9.17, 15) is 0 Å². The van der Waals surface area contributed by atoms with E-state index in [1.165, 1.54) is 5.69 Å². The molecule has 1 aromatic carbocycles. The molecule has 0 saturated carbocycles. The van der Waals surface area contributed by atoms with Gasteiger partial charge in [0, 0.05) is 5.69 Å². The average molecular weight is 273 g/mol. The number of hydrogen-bond donors (Lipinski definition) is 1. The van der Waals surface area contributed by atoms with Gasteiger partial charge in [0.1, 0.15) is 0 Å².